The minimum atomic E-state index is 0.192. The van der Waals surface area contributed by atoms with Crippen LogP contribution >= 0.6 is 0 Å². The molecule has 0 spiro atoms. The van der Waals surface area contributed by atoms with Gasteiger partial charge in [-0.1, -0.05) is 24.3 Å². The maximum atomic E-state index is 6.27. The number of hydrogen-bond acceptors (Lipinski definition) is 3. The maximum Gasteiger partial charge on any atom is 0.0376 e. The van der Waals surface area contributed by atoms with Crippen LogP contribution in [0.4, 0.5) is 0 Å². The summed E-state index contributed by atoms with van der Waals surface area (Å²) in [5.41, 5.74) is 9.50. The Hall–Kier alpha value is -0.900. The SMILES string of the molecule is CC(C)N1CCN(C2(CN)CCc3ccccc3C2)CC1. The molecule has 2 N–H and O–H groups in total. The minimum Gasteiger partial charge on any atom is -0.329 e. The van der Waals surface area contributed by atoms with E-state index in [2.05, 4.69) is 47.9 Å². The average molecular weight is 287 g/mol. The van der Waals surface area contributed by atoms with Crippen LogP contribution in [-0.4, -0.2) is 54.1 Å². The van der Waals surface area contributed by atoms with Crippen molar-refractivity contribution >= 4 is 0 Å². The molecule has 1 aromatic carbocycles. The van der Waals surface area contributed by atoms with Crippen molar-refractivity contribution in [2.24, 2.45) is 5.73 Å². The Kier molecular flexibility index (Phi) is 4.34. The zero-order valence-electron chi connectivity index (χ0n) is 13.5. The van der Waals surface area contributed by atoms with Crippen molar-refractivity contribution in [3.63, 3.8) is 0 Å². The van der Waals surface area contributed by atoms with E-state index in [4.69, 9.17) is 5.73 Å². The van der Waals surface area contributed by atoms with E-state index in [9.17, 15) is 0 Å². The first-order valence-corrected chi connectivity index (χ1v) is 8.40. The van der Waals surface area contributed by atoms with Gasteiger partial charge in [-0.15, -0.1) is 0 Å². The first kappa shape index (κ1) is 15.0. The Labute approximate surface area is 129 Å². The van der Waals surface area contributed by atoms with Crippen LogP contribution in [-0.2, 0) is 12.8 Å². The Morgan fingerprint density at radius 2 is 1.76 bits per heavy atom. The number of nitrogens with two attached hydrogens (primary N) is 1. The summed E-state index contributed by atoms with van der Waals surface area (Å²) in [7, 11) is 0. The Morgan fingerprint density at radius 3 is 2.38 bits per heavy atom. The number of aryl methyl sites for hydroxylation is 1. The average Bonchev–Trinajstić information content (AvgIpc) is 2.54. The lowest BCUT2D eigenvalue weighted by Crippen LogP contribution is -2.62. The molecule has 0 aromatic heterocycles. The predicted molar refractivity (Wildman–Crippen MR) is 88.5 cm³/mol. The molecule has 1 aromatic rings. The van der Waals surface area contributed by atoms with Crippen LogP contribution in [0, 0.1) is 0 Å². The molecular formula is C18H29N3. The lowest BCUT2D eigenvalue weighted by Gasteiger charge is -2.50. The quantitative estimate of drug-likeness (QED) is 0.921. The fourth-order valence-electron chi connectivity index (χ4n) is 4.07. The van der Waals surface area contributed by atoms with Crippen LogP contribution in [0.5, 0.6) is 0 Å². The highest BCUT2D eigenvalue weighted by atomic mass is 15.3. The van der Waals surface area contributed by atoms with Gasteiger partial charge >= 0.3 is 0 Å². The zero-order valence-corrected chi connectivity index (χ0v) is 13.5. The molecule has 3 rings (SSSR count). The van der Waals surface area contributed by atoms with E-state index >= 15 is 0 Å². The molecule has 3 nitrogen and oxygen atoms in total. The monoisotopic (exact) mass is 287 g/mol. The molecule has 116 valence electrons. The Morgan fingerprint density at radius 1 is 1.10 bits per heavy atom. The van der Waals surface area contributed by atoms with Gasteiger partial charge in [-0.25, -0.2) is 0 Å². The number of rotatable bonds is 3. The van der Waals surface area contributed by atoms with Crippen molar-refractivity contribution in [1.82, 2.24) is 9.80 Å². The summed E-state index contributed by atoms with van der Waals surface area (Å²) in [4.78, 5) is 5.26. The van der Waals surface area contributed by atoms with Crippen molar-refractivity contribution in [3.05, 3.63) is 35.4 Å². The Bertz CT molecular complexity index is 477. The maximum absolute atomic E-state index is 6.27. The first-order chi connectivity index (χ1) is 10.1. The molecule has 1 saturated heterocycles. The first-order valence-electron chi connectivity index (χ1n) is 8.40. The second-order valence-corrected chi connectivity index (χ2v) is 6.99. The summed E-state index contributed by atoms with van der Waals surface area (Å²) in [5, 5.41) is 0. The predicted octanol–water partition coefficient (Wildman–Crippen LogP) is 1.90. The van der Waals surface area contributed by atoms with Crippen LogP contribution in [0.2, 0.25) is 0 Å². The molecule has 1 aliphatic carbocycles. The molecule has 1 atom stereocenters. The van der Waals surface area contributed by atoms with Crippen LogP contribution in [0.15, 0.2) is 24.3 Å². The third-order valence-electron chi connectivity index (χ3n) is 5.59. The normalized spacial score (nSPS) is 27.8. The number of nitrogens with zero attached hydrogens (tertiary/aromatic N) is 2. The molecule has 21 heavy (non-hydrogen) atoms. The van der Waals surface area contributed by atoms with Gasteiger partial charge in [0, 0.05) is 44.3 Å². The van der Waals surface area contributed by atoms with Gasteiger partial charge in [-0.3, -0.25) is 9.80 Å². The van der Waals surface area contributed by atoms with Gasteiger partial charge in [-0.05, 0) is 44.2 Å². The highest BCUT2D eigenvalue weighted by Crippen LogP contribution is 2.33. The molecule has 0 radical (unpaired) electrons. The fourth-order valence-corrected chi connectivity index (χ4v) is 4.07. The van der Waals surface area contributed by atoms with Crippen molar-refractivity contribution in [2.45, 2.75) is 44.7 Å². The van der Waals surface area contributed by atoms with Gasteiger partial charge in [0.15, 0.2) is 0 Å². The molecule has 3 heteroatoms. The summed E-state index contributed by atoms with van der Waals surface area (Å²) in [6.07, 6.45) is 3.52. The molecular weight excluding hydrogens is 258 g/mol. The number of benzene rings is 1. The van der Waals surface area contributed by atoms with Crippen molar-refractivity contribution < 1.29 is 0 Å². The van der Waals surface area contributed by atoms with Crippen LogP contribution in [0.1, 0.15) is 31.4 Å². The van der Waals surface area contributed by atoms with Crippen molar-refractivity contribution in [3.8, 4) is 0 Å². The lowest BCUT2D eigenvalue weighted by atomic mass is 9.76. The number of hydrogen-bond donors (Lipinski definition) is 1. The van der Waals surface area contributed by atoms with E-state index in [0.717, 1.165) is 26.1 Å². The summed E-state index contributed by atoms with van der Waals surface area (Å²) < 4.78 is 0. The van der Waals surface area contributed by atoms with E-state index in [1.807, 2.05) is 0 Å². The van der Waals surface area contributed by atoms with Crippen LogP contribution < -0.4 is 5.73 Å². The molecule has 0 amide bonds. The standard InChI is InChI=1S/C18H29N3/c1-15(2)20-9-11-21(12-10-20)18(14-19)8-7-16-5-3-4-6-17(16)13-18/h3-6,15H,7-14,19H2,1-2H3. The zero-order chi connectivity index (χ0) is 14.9. The summed E-state index contributed by atoms with van der Waals surface area (Å²) in [6, 6.07) is 9.57. The molecule has 2 aliphatic rings. The minimum absolute atomic E-state index is 0.192. The number of piperazine rings is 1. The topological polar surface area (TPSA) is 32.5 Å². The summed E-state index contributed by atoms with van der Waals surface area (Å²) >= 11 is 0. The highest BCUT2D eigenvalue weighted by molar-refractivity contribution is 5.32. The van der Waals surface area contributed by atoms with Crippen molar-refractivity contribution in [2.75, 3.05) is 32.7 Å². The van der Waals surface area contributed by atoms with E-state index in [-0.39, 0.29) is 5.54 Å². The van der Waals surface area contributed by atoms with Gasteiger partial charge < -0.3 is 5.73 Å². The van der Waals surface area contributed by atoms with Crippen LogP contribution in [0.3, 0.4) is 0 Å². The third-order valence-corrected chi connectivity index (χ3v) is 5.59. The van der Waals surface area contributed by atoms with Gasteiger partial charge in [0.1, 0.15) is 0 Å². The molecule has 1 aliphatic heterocycles. The molecule has 1 unspecified atom stereocenters. The van der Waals surface area contributed by atoms with Gasteiger partial charge in [0.05, 0.1) is 0 Å². The van der Waals surface area contributed by atoms with Gasteiger partial charge in [0.2, 0.25) is 0 Å². The molecule has 1 heterocycles. The van der Waals surface area contributed by atoms with Gasteiger partial charge in [-0.2, -0.15) is 0 Å². The highest BCUT2D eigenvalue weighted by Gasteiger charge is 2.39. The van der Waals surface area contributed by atoms with E-state index in [1.165, 1.54) is 37.1 Å². The molecule has 0 bridgehead atoms. The van der Waals surface area contributed by atoms with Crippen LogP contribution in [0.25, 0.3) is 0 Å². The number of fused-ring (bicyclic) bond motifs is 1. The van der Waals surface area contributed by atoms with E-state index < -0.39 is 0 Å². The fraction of sp³-hybridized carbons (Fsp3) is 0.667. The molecule has 0 saturated carbocycles. The molecule has 1 fully saturated rings. The Balaban J connectivity index is 1.74. The third kappa shape index (κ3) is 2.87. The van der Waals surface area contributed by atoms with E-state index in [1.54, 1.807) is 0 Å². The summed E-state index contributed by atoms with van der Waals surface area (Å²) in [6.45, 7) is 10.1. The van der Waals surface area contributed by atoms with E-state index in [0.29, 0.717) is 6.04 Å². The summed E-state index contributed by atoms with van der Waals surface area (Å²) in [5.74, 6) is 0. The van der Waals surface area contributed by atoms with Crippen molar-refractivity contribution in [1.29, 1.82) is 0 Å². The second kappa shape index (κ2) is 6.07. The smallest absolute Gasteiger partial charge is 0.0376 e. The van der Waals surface area contributed by atoms with Gasteiger partial charge in [0.25, 0.3) is 0 Å². The lowest BCUT2D eigenvalue weighted by molar-refractivity contribution is 0.0180. The largest absolute Gasteiger partial charge is 0.329 e. The second-order valence-electron chi connectivity index (χ2n) is 6.99.